The molecule has 2 N–H and O–H groups in total. The van der Waals surface area contributed by atoms with Gasteiger partial charge in [-0.15, -0.1) is 0 Å². The zero-order chi connectivity index (χ0) is 10.1. The van der Waals surface area contributed by atoms with E-state index in [-0.39, 0.29) is 0 Å². The Bertz CT molecular complexity index is 304. The predicted octanol–water partition coefficient (Wildman–Crippen LogP) is 2.35. The topological polar surface area (TPSA) is 42.1 Å². The summed E-state index contributed by atoms with van der Waals surface area (Å²) in [6.45, 7) is 5.62. The Morgan fingerprint density at radius 1 is 1.64 bits per heavy atom. The molecule has 1 aliphatic carbocycles. The maximum absolute atomic E-state index is 5.64. The zero-order valence-corrected chi connectivity index (χ0v) is 9.55. The number of rotatable bonds is 4. The second kappa shape index (κ2) is 3.77. The second-order valence-corrected chi connectivity index (χ2v) is 5.15. The molecule has 78 valence electrons. The van der Waals surface area contributed by atoms with E-state index in [1.807, 2.05) is 6.07 Å². The molecule has 1 heterocycles. The van der Waals surface area contributed by atoms with Crippen molar-refractivity contribution in [1.82, 2.24) is 4.37 Å². The van der Waals surface area contributed by atoms with Gasteiger partial charge in [0.25, 0.3) is 0 Å². The quantitative estimate of drug-likeness (QED) is 0.831. The third-order valence-corrected chi connectivity index (χ3v) is 3.19. The molecule has 2 rings (SSSR count). The van der Waals surface area contributed by atoms with Crippen LogP contribution >= 0.6 is 11.5 Å². The molecule has 0 radical (unpaired) electrons. The normalized spacial score (nSPS) is 16.2. The van der Waals surface area contributed by atoms with Crippen LogP contribution < -0.4 is 10.6 Å². The Morgan fingerprint density at radius 2 is 2.36 bits per heavy atom. The van der Waals surface area contributed by atoms with Gasteiger partial charge in [0.1, 0.15) is 10.8 Å². The van der Waals surface area contributed by atoms with E-state index in [9.17, 15) is 0 Å². The average molecular weight is 211 g/mol. The van der Waals surface area contributed by atoms with E-state index in [0.717, 1.165) is 12.6 Å². The van der Waals surface area contributed by atoms with Gasteiger partial charge in [0.2, 0.25) is 0 Å². The summed E-state index contributed by atoms with van der Waals surface area (Å²) < 4.78 is 4.13. The van der Waals surface area contributed by atoms with Gasteiger partial charge in [0.05, 0.1) is 0 Å². The Labute approximate surface area is 89.1 Å². The molecule has 0 aromatic carbocycles. The number of aromatic nitrogens is 1. The van der Waals surface area contributed by atoms with Crippen LogP contribution in [0.5, 0.6) is 0 Å². The van der Waals surface area contributed by atoms with Crippen molar-refractivity contribution < 1.29 is 0 Å². The molecule has 0 bridgehead atoms. The Morgan fingerprint density at radius 3 is 2.79 bits per heavy atom. The van der Waals surface area contributed by atoms with Gasteiger partial charge in [-0.05, 0) is 30.3 Å². The van der Waals surface area contributed by atoms with E-state index in [4.69, 9.17) is 5.73 Å². The van der Waals surface area contributed by atoms with Gasteiger partial charge in [0, 0.05) is 18.7 Å². The minimum atomic E-state index is 0.652. The number of anilines is 2. The number of hydrogen-bond acceptors (Lipinski definition) is 4. The molecule has 0 saturated heterocycles. The molecular weight excluding hydrogens is 194 g/mol. The molecule has 0 aliphatic heterocycles. The molecule has 4 heteroatoms. The predicted molar refractivity (Wildman–Crippen MR) is 61.7 cm³/mol. The van der Waals surface area contributed by atoms with Crippen molar-refractivity contribution in [2.24, 2.45) is 5.92 Å². The van der Waals surface area contributed by atoms with E-state index in [2.05, 4.69) is 23.1 Å². The van der Waals surface area contributed by atoms with Gasteiger partial charge in [-0.3, -0.25) is 0 Å². The van der Waals surface area contributed by atoms with E-state index in [0.29, 0.717) is 11.7 Å². The molecule has 0 spiro atoms. The lowest BCUT2D eigenvalue weighted by Crippen LogP contribution is -2.28. The summed E-state index contributed by atoms with van der Waals surface area (Å²) >= 11 is 1.52. The highest BCUT2D eigenvalue weighted by Crippen LogP contribution is 2.35. The van der Waals surface area contributed by atoms with Crippen LogP contribution in [0.4, 0.5) is 10.8 Å². The minimum absolute atomic E-state index is 0.652. The largest absolute Gasteiger partial charge is 0.383 e. The van der Waals surface area contributed by atoms with E-state index >= 15 is 0 Å². The van der Waals surface area contributed by atoms with Crippen molar-refractivity contribution in [3.8, 4) is 0 Å². The lowest BCUT2D eigenvalue weighted by molar-refractivity contribution is 0.610. The molecule has 14 heavy (non-hydrogen) atoms. The monoisotopic (exact) mass is 211 g/mol. The van der Waals surface area contributed by atoms with Crippen LogP contribution in [0.15, 0.2) is 6.07 Å². The van der Waals surface area contributed by atoms with Gasteiger partial charge in [0.15, 0.2) is 0 Å². The van der Waals surface area contributed by atoms with Crippen molar-refractivity contribution in [2.45, 2.75) is 32.7 Å². The number of nitrogen functional groups attached to an aromatic ring is 1. The number of nitrogens with zero attached hydrogens (tertiary/aromatic N) is 2. The highest BCUT2D eigenvalue weighted by molar-refractivity contribution is 7.10. The number of nitrogens with two attached hydrogens (primary N) is 1. The van der Waals surface area contributed by atoms with Crippen LogP contribution in [0.25, 0.3) is 0 Å². The van der Waals surface area contributed by atoms with Crippen LogP contribution in [-0.4, -0.2) is 17.0 Å². The molecule has 1 saturated carbocycles. The highest BCUT2D eigenvalue weighted by Gasteiger charge is 2.30. The fourth-order valence-corrected chi connectivity index (χ4v) is 2.37. The standard InChI is InChI=1S/C10H17N3S/c1-7(2)6-13(8-3-4-8)10-5-9(11)12-14-10/h5,7-8H,3-4,6H2,1-2H3,(H2,11,12). The first-order valence-corrected chi connectivity index (χ1v) is 5.93. The third kappa shape index (κ3) is 2.18. The first-order valence-electron chi connectivity index (χ1n) is 5.15. The Balaban J connectivity index is 2.09. The zero-order valence-electron chi connectivity index (χ0n) is 8.73. The van der Waals surface area contributed by atoms with Crippen molar-refractivity contribution in [1.29, 1.82) is 0 Å². The molecule has 1 aromatic rings. The molecule has 0 atom stereocenters. The SMILES string of the molecule is CC(C)CN(c1cc(N)ns1)C1CC1. The average Bonchev–Trinajstić information content (AvgIpc) is 2.85. The van der Waals surface area contributed by atoms with Crippen LogP contribution in [0.2, 0.25) is 0 Å². The Kier molecular flexibility index (Phi) is 2.63. The fraction of sp³-hybridized carbons (Fsp3) is 0.700. The maximum Gasteiger partial charge on any atom is 0.139 e. The van der Waals surface area contributed by atoms with E-state index in [1.165, 1.54) is 29.4 Å². The van der Waals surface area contributed by atoms with Crippen molar-refractivity contribution in [3.05, 3.63) is 6.07 Å². The molecule has 3 nitrogen and oxygen atoms in total. The van der Waals surface area contributed by atoms with Crippen LogP contribution in [0, 0.1) is 5.92 Å². The molecule has 1 aliphatic rings. The van der Waals surface area contributed by atoms with Gasteiger partial charge in [-0.1, -0.05) is 13.8 Å². The summed E-state index contributed by atoms with van der Waals surface area (Å²) in [5.74, 6) is 1.35. The second-order valence-electron chi connectivity index (χ2n) is 4.37. The summed E-state index contributed by atoms with van der Waals surface area (Å²) in [6.07, 6.45) is 2.65. The third-order valence-electron chi connectivity index (χ3n) is 2.35. The van der Waals surface area contributed by atoms with Crippen molar-refractivity contribution in [3.63, 3.8) is 0 Å². The fourth-order valence-electron chi connectivity index (χ4n) is 1.61. The van der Waals surface area contributed by atoms with Crippen molar-refractivity contribution in [2.75, 3.05) is 17.2 Å². The van der Waals surface area contributed by atoms with Crippen LogP contribution in [0.3, 0.4) is 0 Å². The van der Waals surface area contributed by atoms with Gasteiger partial charge < -0.3 is 10.6 Å². The maximum atomic E-state index is 5.64. The summed E-state index contributed by atoms with van der Waals surface area (Å²) in [5.41, 5.74) is 5.64. The smallest absolute Gasteiger partial charge is 0.139 e. The summed E-state index contributed by atoms with van der Waals surface area (Å²) in [4.78, 5) is 2.46. The summed E-state index contributed by atoms with van der Waals surface area (Å²) in [6, 6.07) is 2.74. The summed E-state index contributed by atoms with van der Waals surface area (Å²) in [5, 5.41) is 1.23. The minimum Gasteiger partial charge on any atom is -0.383 e. The van der Waals surface area contributed by atoms with Crippen LogP contribution in [0.1, 0.15) is 26.7 Å². The summed E-state index contributed by atoms with van der Waals surface area (Å²) in [7, 11) is 0. The number of hydrogen-bond donors (Lipinski definition) is 1. The Hall–Kier alpha value is -0.770. The highest BCUT2D eigenvalue weighted by atomic mass is 32.1. The molecular formula is C10H17N3S. The van der Waals surface area contributed by atoms with Gasteiger partial charge in [-0.2, -0.15) is 4.37 Å². The first kappa shape index (κ1) is 9.77. The lowest BCUT2D eigenvalue weighted by atomic mass is 10.2. The molecule has 0 amide bonds. The van der Waals surface area contributed by atoms with Gasteiger partial charge >= 0.3 is 0 Å². The van der Waals surface area contributed by atoms with Gasteiger partial charge in [-0.25, -0.2) is 0 Å². The molecule has 1 aromatic heterocycles. The van der Waals surface area contributed by atoms with Crippen LogP contribution in [-0.2, 0) is 0 Å². The van der Waals surface area contributed by atoms with E-state index < -0.39 is 0 Å². The molecule has 0 unspecified atom stereocenters. The lowest BCUT2D eigenvalue weighted by Gasteiger charge is -2.24. The molecule has 1 fully saturated rings. The first-order chi connectivity index (χ1) is 6.66. The van der Waals surface area contributed by atoms with Crippen molar-refractivity contribution >= 4 is 22.4 Å². The van der Waals surface area contributed by atoms with E-state index in [1.54, 1.807) is 0 Å².